The van der Waals surface area contributed by atoms with Crippen LogP contribution >= 0.6 is 11.3 Å². The van der Waals surface area contributed by atoms with E-state index in [1.54, 1.807) is 4.90 Å². The van der Waals surface area contributed by atoms with Crippen molar-refractivity contribution in [3.05, 3.63) is 47.4 Å². The summed E-state index contributed by atoms with van der Waals surface area (Å²) < 4.78 is 42.2. The van der Waals surface area contributed by atoms with Crippen LogP contribution < -0.4 is 10.2 Å². The van der Waals surface area contributed by atoms with Crippen molar-refractivity contribution >= 4 is 38.5 Å². The monoisotopic (exact) mass is 481 g/mol. The molecule has 0 aliphatic carbocycles. The van der Waals surface area contributed by atoms with E-state index >= 15 is 0 Å². The average Bonchev–Trinajstić information content (AvgIpc) is 3.16. The van der Waals surface area contributed by atoms with Crippen LogP contribution in [0.2, 0.25) is 0 Å². The molecule has 0 spiro atoms. The quantitative estimate of drug-likeness (QED) is 0.518. The second-order valence-corrected chi connectivity index (χ2v) is 8.89. The fraction of sp³-hybridized carbons (Fsp3) is 0.381. The molecule has 1 aromatic carbocycles. The fourth-order valence-electron chi connectivity index (χ4n) is 3.77. The lowest BCUT2D eigenvalue weighted by atomic mass is 10.1. The van der Waals surface area contributed by atoms with E-state index < -0.39 is 36.2 Å². The van der Waals surface area contributed by atoms with Crippen molar-refractivity contribution in [2.75, 3.05) is 36.5 Å². The number of benzene rings is 1. The standard InChI is InChI=1S/C21H22F3N5O3S/c1-11-9-28(21(32)27-20-26-18-15(23)6-13(22)7-17(18)33-20)2-3-29(11)19-16(24)5-12(8-25-19)4-14(31)10-30/h5-8,11,14,30-31H,2-4,9-10H2,1H3,(H,26,27,32)/t11-,14-/m0/s1. The Balaban J connectivity index is 1.41. The number of amides is 2. The first-order valence-electron chi connectivity index (χ1n) is 10.3. The molecule has 176 valence electrons. The van der Waals surface area contributed by atoms with E-state index in [1.165, 1.54) is 17.2 Å². The van der Waals surface area contributed by atoms with Crippen LogP contribution in [0.25, 0.3) is 10.2 Å². The smallest absolute Gasteiger partial charge is 0.323 e. The SMILES string of the molecule is C[C@H]1CN(C(=O)Nc2nc3c(F)cc(F)cc3s2)CCN1c1ncc(C[C@H](O)CO)cc1F. The molecule has 0 radical (unpaired) electrons. The molecule has 1 fully saturated rings. The number of hydrogen-bond acceptors (Lipinski definition) is 7. The molecule has 0 bridgehead atoms. The fourth-order valence-corrected chi connectivity index (χ4v) is 4.66. The summed E-state index contributed by atoms with van der Waals surface area (Å²) in [5.74, 6) is -1.92. The van der Waals surface area contributed by atoms with Gasteiger partial charge < -0.3 is 20.0 Å². The maximum atomic E-state index is 14.7. The molecular formula is C21H22F3N5O3S. The number of rotatable bonds is 5. The predicted octanol–water partition coefficient (Wildman–Crippen LogP) is 2.75. The number of aromatic nitrogens is 2. The molecule has 3 aromatic rings. The van der Waals surface area contributed by atoms with E-state index in [1.807, 2.05) is 6.92 Å². The van der Waals surface area contributed by atoms with Crippen molar-refractivity contribution in [2.24, 2.45) is 0 Å². The number of nitrogens with one attached hydrogen (secondary N) is 1. The highest BCUT2D eigenvalue weighted by Gasteiger charge is 2.29. The van der Waals surface area contributed by atoms with Gasteiger partial charge >= 0.3 is 6.03 Å². The number of carbonyl (C=O) groups is 1. The topological polar surface area (TPSA) is 102 Å². The number of urea groups is 1. The highest BCUT2D eigenvalue weighted by molar-refractivity contribution is 7.22. The first kappa shape index (κ1) is 23.2. The minimum absolute atomic E-state index is 0.00797. The summed E-state index contributed by atoms with van der Waals surface area (Å²) in [4.78, 5) is 24.2. The predicted molar refractivity (Wildman–Crippen MR) is 118 cm³/mol. The molecule has 3 N–H and O–H groups in total. The van der Waals surface area contributed by atoms with Gasteiger partial charge in [-0.2, -0.15) is 0 Å². The molecule has 0 saturated carbocycles. The van der Waals surface area contributed by atoms with Gasteiger partial charge in [0.15, 0.2) is 22.6 Å². The minimum atomic E-state index is -0.982. The normalized spacial score (nSPS) is 17.5. The van der Waals surface area contributed by atoms with E-state index in [0.717, 1.165) is 23.5 Å². The van der Waals surface area contributed by atoms with Crippen LogP contribution in [0.4, 0.5) is 28.9 Å². The van der Waals surface area contributed by atoms with Gasteiger partial charge in [-0.15, -0.1) is 0 Å². The van der Waals surface area contributed by atoms with Crippen molar-refractivity contribution in [1.29, 1.82) is 0 Å². The average molecular weight is 482 g/mol. The van der Waals surface area contributed by atoms with Crippen LogP contribution in [0.1, 0.15) is 12.5 Å². The van der Waals surface area contributed by atoms with Gasteiger partial charge in [-0.25, -0.2) is 27.9 Å². The van der Waals surface area contributed by atoms with Crippen molar-refractivity contribution in [3.8, 4) is 0 Å². The Morgan fingerprint density at radius 1 is 1.27 bits per heavy atom. The number of aliphatic hydroxyl groups is 2. The molecule has 0 unspecified atom stereocenters. The molecule has 33 heavy (non-hydrogen) atoms. The zero-order valence-corrected chi connectivity index (χ0v) is 18.4. The van der Waals surface area contributed by atoms with Gasteiger partial charge in [-0.1, -0.05) is 11.3 Å². The van der Waals surface area contributed by atoms with Gasteiger partial charge in [0.2, 0.25) is 0 Å². The van der Waals surface area contributed by atoms with Gasteiger partial charge in [-0.05, 0) is 24.6 Å². The van der Waals surface area contributed by atoms with Crippen LogP contribution in [0.5, 0.6) is 0 Å². The Kier molecular flexibility index (Phi) is 6.68. The van der Waals surface area contributed by atoms with Gasteiger partial charge in [0, 0.05) is 44.4 Å². The Morgan fingerprint density at radius 2 is 2.06 bits per heavy atom. The van der Waals surface area contributed by atoms with Crippen LogP contribution in [0.15, 0.2) is 24.4 Å². The summed E-state index contributed by atoms with van der Waals surface area (Å²) in [6.45, 7) is 2.31. The molecule has 12 heteroatoms. The van der Waals surface area contributed by atoms with Gasteiger partial charge in [0.25, 0.3) is 0 Å². The third-order valence-corrected chi connectivity index (χ3v) is 6.29. The van der Waals surface area contributed by atoms with Crippen molar-refractivity contribution in [3.63, 3.8) is 0 Å². The number of halogens is 3. The van der Waals surface area contributed by atoms with Crippen LogP contribution in [-0.4, -0.2) is 69.5 Å². The molecule has 2 atom stereocenters. The Morgan fingerprint density at radius 3 is 2.76 bits per heavy atom. The highest BCUT2D eigenvalue weighted by atomic mass is 32.1. The number of anilines is 2. The number of hydrogen-bond donors (Lipinski definition) is 3. The number of thiazole rings is 1. The Bertz CT molecular complexity index is 1180. The molecule has 1 saturated heterocycles. The van der Waals surface area contributed by atoms with Crippen LogP contribution in [0, 0.1) is 17.5 Å². The third kappa shape index (κ3) is 5.02. The molecule has 1 aliphatic rings. The second-order valence-electron chi connectivity index (χ2n) is 7.86. The lowest BCUT2D eigenvalue weighted by molar-refractivity contribution is 0.0954. The molecule has 2 aromatic heterocycles. The van der Waals surface area contributed by atoms with Gasteiger partial charge in [-0.3, -0.25) is 5.32 Å². The Labute approximate surface area is 191 Å². The maximum Gasteiger partial charge on any atom is 0.323 e. The van der Waals surface area contributed by atoms with E-state index in [4.69, 9.17) is 5.11 Å². The molecular weight excluding hydrogens is 459 g/mol. The lowest BCUT2D eigenvalue weighted by Gasteiger charge is -2.40. The summed E-state index contributed by atoms with van der Waals surface area (Å²) in [7, 11) is 0. The van der Waals surface area contributed by atoms with Crippen LogP contribution in [0.3, 0.4) is 0 Å². The van der Waals surface area contributed by atoms with E-state index in [2.05, 4.69) is 15.3 Å². The Hall–Kier alpha value is -2.96. The number of nitrogens with zero attached hydrogens (tertiary/aromatic N) is 4. The summed E-state index contributed by atoms with van der Waals surface area (Å²) in [5.41, 5.74) is 0.460. The first-order valence-corrected chi connectivity index (χ1v) is 11.1. The van der Waals surface area contributed by atoms with E-state index in [-0.39, 0.29) is 46.7 Å². The number of aliphatic hydroxyl groups excluding tert-OH is 2. The lowest BCUT2D eigenvalue weighted by Crippen LogP contribution is -2.55. The number of fused-ring (bicyclic) bond motifs is 1. The third-order valence-electron chi connectivity index (χ3n) is 5.37. The molecule has 3 heterocycles. The largest absolute Gasteiger partial charge is 0.394 e. The molecule has 2 amide bonds. The summed E-state index contributed by atoms with van der Waals surface area (Å²) in [6.07, 6.45) is 0.564. The number of piperazine rings is 1. The highest BCUT2D eigenvalue weighted by Crippen LogP contribution is 2.29. The van der Waals surface area contributed by atoms with Crippen LogP contribution in [-0.2, 0) is 6.42 Å². The van der Waals surface area contributed by atoms with Crippen molar-refractivity contribution in [1.82, 2.24) is 14.9 Å². The molecule has 8 nitrogen and oxygen atoms in total. The summed E-state index contributed by atoms with van der Waals surface area (Å²) in [6, 6.07) is 2.49. The number of carbonyl (C=O) groups excluding carboxylic acids is 1. The summed E-state index contributed by atoms with van der Waals surface area (Å²) in [5, 5.41) is 21.2. The van der Waals surface area contributed by atoms with E-state index in [9.17, 15) is 23.1 Å². The zero-order valence-electron chi connectivity index (χ0n) is 17.6. The molecule has 4 rings (SSSR count). The van der Waals surface area contributed by atoms with E-state index in [0.29, 0.717) is 12.1 Å². The molecule has 1 aliphatic heterocycles. The summed E-state index contributed by atoms with van der Waals surface area (Å²) >= 11 is 0.972. The van der Waals surface area contributed by atoms with Crippen molar-refractivity contribution in [2.45, 2.75) is 25.5 Å². The number of pyridine rings is 1. The first-order chi connectivity index (χ1) is 15.7. The van der Waals surface area contributed by atoms with Gasteiger partial charge in [0.05, 0.1) is 17.4 Å². The zero-order chi connectivity index (χ0) is 23.7. The minimum Gasteiger partial charge on any atom is -0.394 e. The van der Waals surface area contributed by atoms with Crippen molar-refractivity contribution < 1.29 is 28.2 Å². The van der Waals surface area contributed by atoms with Gasteiger partial charge in [0.1, 0.15) is 11.3 Å². The maximum absolute atomic E-state index is 14.7. The second kappa shape index (κ2) is 9.49.